The lowest BCUT2D eigenvalue weighted by Crippen LogP contribution is -2.51. The number of fused-ring (bicyclic) bond motifs is 1. The van der Waals surface area contributed by atoms with E-state index >= 15 is 0 Å². The highest BCUT2D eigenvalue weighted by Crippen LogP contribution is 2.40. The molecule has 2 fully saturated rings. The van der Waals surface area contributed by atoms with E-state index in [0.717, 1.165) is 91.6 Å². The first-order valence-corrected chi connectivity index (χ1v) is 17.5. The normalized spacial score (nSPS) is 19.1. The maximum atomic E-state index is 6.05. The number of rotatable bonds is 17. The zero-order valence-corrected chi connectivity index (χ0v) is 28.3. The van der Waals surface area contributed by atoms with Crippen molar-refractivity contribution in [2.45, 2.75) is 37.8 Å². The molecule has 3 N–H and O–H groups in total. The third-order valence-corrected chi connectivity index (χ3v) is 9.53. The van der Waals surface area contributed by atoms with Gasteiger partial charge in [-0.1, -0.05) is 30.3 Å². The molecule has 11 nitrogen and oxygen atoms in total. The van der Waals surface area contributed by atoms with Crippen LogP contribution in [0.3, 0.4) is 0 Å². The first-order chi connectivity index (χ1) is 23.7. The summed E-state index contributed by atoms with van der Waals surface area (Å²) in [5.41, 5.74) is 8.68. The number of hydrogen-bond acceptors (Lipinski definition) is 10. The van der Waals surface area contributed by atoms with Crippen LogP contribution in [-0.4, -0.2) is 116 Å². The number of nitrogens with one attached hydrogen (secondary N) is 1. The molecule has 2 aromatic carbocycles. The van der Waals surface area contributed by atoms with Gasteiger partial charge in [-0.3, -0.25) is 9.80 Å². The molecular weight excluding hydrogens is 606 g/mol. The second kappa shape index (κ2) is 17.7. The van der Waals surface area contributed by atoms with Crippen LogP contribution in [0.15, 0.2) is 67.1 Å². The first kappa shape index (κ1) is 34.3. The Kier molecular flexibility index (Phi) is 12.7. The largest absolute Gasteiger partial charge is 0.457 e. The number of aromatic nitrogens is 3. The van der Waals surface area contributed by atoms with E-state index in [0.29, 0.717) is 51.7 Å². The molecule has 0 atom stereocenters. The molecule has 1 saturated heterocycles. The fraction of sp³-hybridized carbons (Fsp3) is 0.514. The standard InChI is InChI=1S/C37H51N7O4/c1-39-36-35-34(29-7-13-33(14-8-29)48-32-5-3-2-4-6-32)27-44(37(35)41-28-40-36)31-11-9-30(10-12-31)43-18-16-42(17-19-43)20-22-46-24-26-47-25-23-45-21-15-38/h2-8,13-14,27-28,30-31H,9-12,15-26,38H2,1H3,(H,39,40,41). The van der Waals surface area contributed by atoms with Crippen LogP contribution in [0, 0.1) is 0 Å². The van der Waals surface area contributed by atoms with E-state index in [1.165, 1.54) is 12.8 Å². The molecular formula is C37H51N7O4. The lowest BCUT2D eigenvalue weighted by atomic mass is 9.89. The Morgan fingerprint density at radius 3 is 2.08 bits per heavy atom. The zero-order valence-electron chi connectivity index (χ0n) is 28.3. The second-order valence-corrected chi connectivity index (χ2v) is 12.5. The quantitative estimate of drug-likeness (QED) is 0.150. The van der Waals surface area contributed by atoms with Crippen molar-refractivity contribution < 1.29 is 18.9 Å². The van der Waals surface area contributed by atoms with Gasteiger partial charge in [0.25, 0.3) is 0 Å². The van der Waals surface area contributed by atoms with E-state index in [1.807, 2.05) is 49.5 Å². The molecule has 0 spiro atoms. The molecule has 0 radical (unpaired) electrons. The number of para-hydroxylation sites is 1. The Labute approximate surface area is 284 Å². The van der Waals surface area contributed by atoms with Crippen molar-refractivity contribution >= 4 is 16.9 Å². The molecule has 1 aliphatic carbocycles. The maximum Gasteiger partial charge on any atom is 0.146 e. The summed E-state index contributed by atoms with van der Waals surface area (Å²) in [7, 11) is 1.93. The van der Waals surface area contributed by atoms with E-state index in [9.17, 15) is 0 Å². The fourth-order valence-corrected chi connectivity index (χ4v) is 6.97. The van der Waals surface area contributed by atoms with Crippen LogP contribution >= 0.6 is 0 Å². The van der Waals surface area contributed by atoms with Gasteiger partial charge in [-0.05, 0) is 55.5 Å². The molecule has 48 heavy (non-hydrogen) atoms. The lowest BCUT2D eigenvalue weighted by Gasteiger charge is -2.42. The molecule has 6 rings (SSSR count). The lowest BCUT2D eigenvalue weighted by molar-refractivity contribution is 0.00652. The van der Waals surface area contributed by atoms with Crippen molar-refractivity contribution in [1.29, 1.82) is 0 Å². The van der Waals surface area contributed by atoms with E-state index in [1.54, 1.807) is 6.33 Å². The number of anilines is 1. The number of hydrogen-bond donors (Lipinski definition) is 2. The number of nitrogens with zero attached hydrogens (tertiary/aromatic N) is 5. The van der Waals surface area contributed by atoms with Gasteiger partial charge in [0.2, 0.25) is 0 Å². The average molecular weight is 658 g/mol. The van der Waals surface area contributed by atoms with Gasteiger partial charge in [0, 0.05) is 70.2 Å². The minimum absolute atomic E-state index is 0.415. The smallest absolute Gasteiger partial charge is 0.146 e. The maximum absolute atomic E-state index is 6.05. The summed E-state index contributed by atoms with van der Waals surface area (Å²) in [6.45, 7) is 9.69. The van der Waals surface area contributed by atoms with Crippen molar-refractivity contribution in [2.24, 2.45) is 5.73 Å². The Morgan fingerprint density at radius 1 is 0.750 bits per heavy atom. The zero-order chi connectivity index (χ0) is 33.0. The molecule has 2 aromatic heterocycles. The summed E-state index contributed by atoms with van der Waals surface area (Å²) in [5.74, 6) is 2.50. The Bertz CT molecular complexity index is 1520. The topological polar surface area (TPSA) is 112 Å². The van der Waals surface area contributed by atoms with Gasteiger partial charge in [0.05, 0.1) is 45.0 Å². The van der Waals surface area contributed by atoms with Gasteiger partial charge in [0.1, 0.15) is 29.3 Å². The first-order valence-electron chi connectivity index (χ1n) is 17.5. The van der Waals surface area contributed by atoms with Crippen molar-refractivity contribution in [2.75, 3.05) is 91.3 Å². The Hall–Kier alpha value is -3.58. The van der Waals surface area contributed by atoms with Crippen LogP contribution in [0.1, 0.15) is 31.7 Å². The van der Waals surface area contributed by atoms with Crippen LogP contribution in [0.2, 0.25) is 0 Å². The molecule has 0 unspecified atom stereocenters. The summed E-state index contributed by atoms with van der Waals surface area (Å²) < 4.78 is 25.1. The van der Waals surface area contributed by atoms with Crippen LogP contribution in [0.5, 0.6) is 11.5 Å². The van der Waals surface area contributed by atoms with Crippen molar-refractivity contribution in [3.8, 4) is 22.6 Å². The molecule has 3 heterocycles. The monoisotopic (exact) mass is 657 g/mol. The van der Waals surface area contributed by atoms with E-state index in [4.69, 9.17) is 29.7 Å². The number of piperazine rings is 1. The number of benzene rings is 2. The van der Waals surface area contributed by atoms with Crippen molar-refractivity contribution in [3.63, 3.8) is 0 Å². The summed E-state index contributed by atoms with van der Waals surface area (Å²) in [6, 6.07) is 19.3. The molecule has 0 bridgehead atoms. The third kappa shape index (κ3) is 8.90. The molecule has 2 aliphatic rings. The van der Waals surface area contributed by atoms with Gasteiger partial charge in [-0.25, -0.2) is 9.97 Å². The minimum atomic E-state index is 0.415. The predicted molar refractivity (Wildman–Crippen MR) is 190 cm³/mol. The van der Waals surface area contributed by atoms with E-state index in [-0.39, 0.29) is 0 Å². The van der Waals surface area contributed by atoms with Crippen LogP contribution in [-0.2, 0) is 14.2 Å². The highest BCUT2D eigenvalue weighted by Gasteiger charge is 2.30. The van der Waals surface area contributed by atoms with Gasteiger partial charge in [0.15, 0.2) is 0 Å². The van der Waals surface area contributed by atoms with E-state index in [2.05, 4.69) is 43.0 Å². The highest BCUT2D eigenvalue weighted by molar-refractivity contribution is 6.01. The summed E-state index contributed by atoms with van der Waals surface area (Å²) in [6.07, 6.45) is 8.67. The SMILES string of the molecule is CNc1ncnc2c1c(-c1ccc(Oc3ccccc3)cc1)cn2C1CCC(N2CCN(CCOCCOCCOCCN)CC2)CC1. The van der Waals surface area contributed by atoms with Crippen LogP contribution in [0.4, 0.5) is 5.82 Å². The summed E-state index contributed by atoms with van der Waals surface area (Å²) in [5, 5.41) is 4.37. The second-order valence-electron chi connectivity index (χ2n) is 12.5. The fourth-order valence-electron chi connectivity index (χ4n) is 6.97. The van der Waals surface area contributed by atoms with Crippen LogP contribution < -0.4 is 15.8 Å². The predicted octanol–water partition coefficient (Wildman–Crippen LogP) is 5.04. The number of ether oxygens (including phenoxy) is 4. The van der Waals surface area contributed by atoms with Gasteiger partial charge in [-0.15, -0.1) is 0 Å². The van der Waals surface area contributed by atoms with Crippen LogP contribution in [0.25, 0.3) is 22.2 Å². The molecule has 0 amide bonds. The molecule has 258 valence electrons. The Morgan fingerprint density at radius 2 is 1.40 bits per heavy atom. The molecule has 4 aromatic rings. The van der Waals surface area contributed by atoms with Gasteiger partial charge < -0.3 is 34.6 Å². The number of nitrogens with two attached hydrogens (primary N) is 1. The highest BCUT2D eigenvalue weighted by atomic mass is 16.5. The summed E-state index contributed by atoms with van der Waals surface area (Å²) in [4.78, 5) is 14.6. The molecule has 1 aliphatic heterocycles. The Balaban J connectivity index is 0.992. The molecule has 1 saturated carbocycles. The summed E-state index contributed by atoms with van der Waals surface area (Å²) >= 11 is 0. The van der Waals surface area contributed by atoms with Gasteiger partial charge in [-0.2, -0.15) is 0 Å². The molecule has 11 heteroatoms. The third-order valence-electron chi connectivity index (χ3n) is 9.53. The minimum Gasteiger partial charge on any atom is -0.457 e. The average Bonchev–Trinajstić information content (AvgIpc) is 3.53. The van der Waals surface area contributed by atoms with Crippen molar-refractivity contribution in [3.05, 3.63) is 67.1 Å². The van der Waals surface area contributed by atoms with Crippen molar-refractivity contribution in [1.82, 2.24) is 24.3 Å². The van der Waals surface area contributed by atoms with E-state index < -0.39 is 0 Å². The van der Waals surface area contributed by atoms with Gasteiger partial charge >= 0.3 is 0 Å².